The van der Waals surface area contributed by atoms with Crippen LogP contribution in [0.3, 0.4) is 0 Å². The maximum atomic E-state index is 4.98. The number of hydrogen-bond donors (Lipinski definition) is 1. The third-order valence-corrected chi connectivity index (χ3v) is 2.32. The molecular weight excluding hydrogens is 192 g/mol. The molecule has 14 heavy (non-hydrogen) atoms. The third-order valence-electron chi connectivity index (χ3n) is 2.11. The van der Waals surface area contributed by atoms with Crippen molar-refractivity contribution in [3.8, 4) is 11.3 Å². The van der Waals surface area contributed by atoms with Gasteiger partial charge in [0.1, 0.15) is 0 Å². The van der Waals surface area contributed by atoms with Gasteiger partial charge in [-0.05, 0) is 30.8 Å². The van der Waals surface area contributed by atoms with Gasteiger partial charge < -0.3 is 4.98 Å². The van der Waals surface area contributed by atoms with Crippen LogP contribution >= 0.6 is 12.2 Å². The lowest BCUT2D eigenvalue weighted by Gasteiger charge is -2.04. The lowest BCUT2D eigenvalue weighted by Crippen LogP contribution is -1.88. The van der Waals surface area contributed by atoms with E-state index in [1.165, 1.54) is 11.1 Å². The van der Waals surface area contributed by atoms with Gasteiger partial charge in [-0.25, -0.2) is 4.98 Å². The molecule has 0 aliphatic rings. The number of H-pyrrole nitrogens is 1. The summed E-state index contributed by atoms with van der Waals surface area (Å²) in [4.78, 5) is 7.02. The standard InChI is InChI=1S/C11H10N2S/c1-8-4-2-3-5-9(8)10-6-7-12-11(14)13-10/h2-7H,1H3,(H,12,13,14). The molecule has 1 heterocycles. The molecule has 70 valence electrons. The molecule has 1 aromatic heterocycles. The van der Waals surface area contributed by atoms with E-state index in [4.69, 9.17) is 12.2 Å². The minimum atomic E-state index is 0.519. The third kappa shape index (κ3) is 1.72. The fraction of sp³-hybridized carbons (Fsp3) is 0.0909. The number of hydrogen-bond acceptors (Lipinski definition) is 2. The summed E-state index contributed by atoms with van der Waals surface area (Å²) in [7, 11) is 0. The molecule has 1 aromatic carbocycles. The summed E-state index contributed by atoms with van der Waals surface area (Å²) in [5.74, 6) is 0. The van der Waals surface area contributed by atoms with Gasteiger partial charge in [-0.15, -0.1) is 0 Å². The molecule has 3 heteroatoms. The van der Waals surface area contributed by atoms with Crippen LogP contribution in [0.5, 0.6) is 0 Å². The fourth-order valence-corrected chi connectivity index (χ4v) is 1.57. The number of aromatic amines is 1. The maximum absolute atomic E-state index is 4.98. The van der Waals surface area contributed by atoms with Crippen molar-refractivity contribution in [3.05, 3.63) is 46.9 Å². The molecule has 0 atom stereocenters. The van der Waals surface area contributed by atoms with Crippen LogP contribution in [0.2, 0.25) is 0 Å². The van der Waals surface area contributed by atoms with Gasteiger partial charge in [0.05, 0.1) is 0 Å². The first-order valence-corrected chi connectivity index (χ1v) is 4.79. The van der Waals surface area contributed by atoms with Crippen LogP contribution in [0.4, 0.5) is 0 Å². The highest BCUT2D eigenvalue weighted by atomic mass is 32.1. The van der Waals surface area contributed by atoms with Crippen LogP contribution in [0.1, 0.15) is 5.56 Å². The van der Waals surface area contributed by atoms with E-state index in [2.05, 4.69) is 29.0 Å². The van der Waals surface area contributed by atoms with E-state index >= 15 is 0 Å². The number of benzene rings is 1. The Morgan fingerprint density at radius 3 is 2.71 bits per heavy atom. The Morgan fingerprint density at radius 1 is 1.21 bits per heavy atom. The molecule has 1 N–H and O–H groups in total. The zero-order chi connectivity index (χ0) is 9.97. The molecule has 0 fully saturated rings. The smallest absolute Gasteiger partial charge is 0.197 e. The molecule has 0 radical (unpaired) electrons. The number of nitrogens with zero attached hydrogens (tertiary/aromatic N) is 1. The summed E-state index contributed by atoms with van der Waals surface area (Å²) in [5.41, 5.74) is 3.41. The average molecular weight is 202 g/mol. The van der Waals surface area contributed by atoms with Crippen molar-refractivity contribution >= 4 is 12.2 Å². The van der Waals surface area contributed by atoms with Crippen molar-refractivity contribution < 1.29 is 0 Å². The van der Waals surface area contributed by atoms with Gasteiger partial charge in [-0.2, -0.15) is 0 Å². The Bertz CT molecular complexity index is 502. The van der Waals surface area contributed by atoms with Gasteiger partial charge in [-0.1, -0.05) is 24.3 Å². The quantitative estimate of drug-likeness (QED) is 0.720. The lowest BCUT2D eigenvalue weighted by atomic mass is 10.1. The second-order valence-electron chi connectivity index (χ2n) is 3.10. The molecule has 0 unspecified atom stereocenters. The van der Waals surface area contributed by atoms with E-state index in [9.17, 15) is 0 Å². The number of aromatic nitrogens is 2. The van der Waals surface area contributed by atoms with E-state index in [-0.39, 0.29) is 0 Å². The molecule has 2 aromatic rings. The second kappa shape index (κ2) is 3.72. The van der Waals surface area contributed by atoms with Crippen molar-refractivity contribution in [2.24, 2.45) is 0 Å². The predicted octanol–water partition coefficient (Wildman–Crippen LogP) is 3.11. The van der Waals surface area contributed by atoms with Gasteiger partial charge in [0.2, 0.25) is 0 Å². The number of aryl methyl sites for hydroxylation is 1. The van der Waals surface area contributed by atoms with E-state index in [0.29, 0.717) is 4.77 Å². The summed E-state index contributed by atoms with van der Waals surface area (Å²) in [5, 5.41) is 0. The molecule has 0 aliphatic heterocycles. The Kier molecular flexibility index (Phi) is 2.41. The summed E-state index contributed by atoms with van der Waals surface area (Å²) in [6, 6.07) is 10.1. The molecule has 2 rings (SSSR count). The van der Waals surface area contributed by atoms with Crippen molar-refractivity contribution in [3.63, 3.8) is 0 Å². The highest BCUT2D eigenvalue weighted by molar-refractivity contribution is 7.71. The second-order valence-corrected chi connectivity index (χ2v) is 3.49. The van der Waals surface area contributed by atoms with E-state index in [1.54, 1.807) is 6.20 Å². The van der Waals surface area contributed by atoms with Crippen molar-refractivity contribution in [2.45, 2.75) is 6.92 Å². The van der Waals surface area contributed by atoms with Crippen LogP contribution in [0.25, 0.3) is 11.3 Å². The molecular formula is C11H10N2S. The molecule has 0 bridgehead atoms. The molecule has 0 spiro atoms. The Hall–Kier alpha value is -1.48. The van der Waals surface area contributed by atoms with Crippen molar-refractivity contribution in [1.82, 2.24) is 9.97 Å². The van der Waals surface area contributed by atoms with Gasteiger partial charge >= 0.3 is 0 Å². The number of rotatable bonds is 1. The highest BCUT2D eigenvalue weighted by Crippen LogP contribution is 2.19. The van der Waals surface area contributed by atoms with E-state index < -0.39 is 0 Å². The minimum Gasteiger partial charge on any atom is -0.330 e. The summed E-state index contributed by atoms with van der Waals surface area (Å²) in [6.07, 6.45) is 1.72. The highest BCUT2D eigenvalue weighted by Gasteiger charge is 1.99. The normalized spacial score (nSPS) is 10.1. The SMILES string of the molecule is Cc1ccccc1-c1ccnc(=S)[nH]1. The minimum absolute atomic E-state index is 0.519. The first-order valence-electron chi connectivity index (χ1n) is 4.39. The topological polar surface area (TPSA) is 28.7 Å². The number of nitrogens with one attached hydrogen (secondary N) is 1. The largest absolute Gasteiger partial charge is 0.330 e. The monoisotopic (exact) mass is 202 g/mol. The fourth-order valence-electron chi connectivity index (χ4n) is 1.40. The van der Waals surface area contributed by atoms with Crippen molar-refractivity contribution in [2.75, 3.05) is 0 Å². The van der Waals surface area contributed by atoms with Crippen LogP contribution in [-0.2, 0) is 0 Å². The average Bonchev–Trinajstić information content (AvgIpc) is 2.18. The first kappa shape index (κ1) is 9.09. The van der Waals surface area contributed by atoms with Gasteiger partial charge in [-0.3, -0.25) is 0 Å². The van der Waals surface area contributed by atoms with Gasteiger partial charge in [0.15, 0.2) is 4.77 Å². The van der Waals surface area contributed by atoms with Crippen LogP contribution in [0.15, 0.2) is 36.5 Å². The Morgan fingerprint density at radius 2 is 2.00 bits per heavy atom. The van der Waals surface area contributed by atoms with Crippen LogP contribution in [-0.4, -0.2) is 9.97 Å². The molecule has 0 saturated carbocycles. The summed E-state index contributed by atoms with van der Waals surface area (Å²) in [6.45, 7) is 2.08. The van der Waals surface area contributed by atoms with Crippen molar-refractivity contribution in [1.29, 1.82) is 0 Å². The van der Waals surface area contributed by atoms with E-state index in [1.807, 2.05) is 18.2 Å². The molecule has 2 nitrogen and oxygen atoms in total. The zero-order valence-electron chi connectivity index (χ0n) is 7.82. The lowest BCUT2D eigenvalue weighted by molar-refractivity contribution is 1.14. The van der Waals surface area contributed by atoms with Crippen LogP contribution < -0.4 is 0 Å². The first-order chi connectivity index (χ1) is 6.77. The van der Waals surface area contributed by atoms with Gasteiger partial charge in [0.25, 0.3) is 0 Å². The van der Waals surface area contributed by atoms with Crippen LogP contribution in [0, 0.1) is 11.7 Å². The molecule has 0 aliphatic carbocycles. The molecule has 0 saturated heterocycles. The summed E-state index contributed by atoms with van der Waals surface area (Å²) < 4.78 is 0.519. The zero-order valence-corrected chi connectivity index (χ0v) is 8.64. The predicted molar refractivity (Wildman–Crippen MR) is 59.6 cm³/mol. The Balaban J connectivity index is 2.61. The van der Waals surface area contributed by atoms with E-state index in [0.717, 1.165) is 5.69 Å². The Labute approximate surface area is 87.7 Å². The maximum Gasteiger partial charge on any atom is 0.197 e. The van der Waals surface area contributed by atoms with Gasteiger partial charge in [0, 0.05) is 17.5 Å². The summed E-state index contributed by atoms with van der Waals surface area (Å²) >= 11 is 4.98. The molecule has 0 amide bonds.